The first-order valence-corrected chi connectivity index (χ1v) is 9.08. The predicted molar refractivity (Wildman–Crippen MR) is 101 cm³/mol. The van der Waals surface area contributed by atoms with Crippen LogP contribution in [0.2, 0.25) is 0 Å². The molecule has 0 spiro atoms. The fourth-order valence-corrected chi connectivity index (χ4v) is 2.49. The molecular formula is C21H27F2NO3. The zero-order valence-corrected chi connectivity index (χ0v) is 16.0. The van der Waals surface area contributed by atoms with Gasteiger partial charge < -0.3 is 19.5 Å². The van der Waals surface area contributed by atoms with E-state index in [1.165, 1.54) is 6.07 Å². The average molecular weight is 379 g/mol. The zero-order valence-electron chi connectivity index (χ0n) is 16.0. The van der Waals surface area contributed by atoms with Gasteiger partial charge in [-0.2, -0.15) is 8.78 Å². The van der Waals surface area contributed by atoms with E-state index in [1.807, 2.05) is 13.8 Å². The van der Waals surface area contributed by atoms with Crippen LogP contribution in [-0.4, -0.2) is 19.3 Å². The Morgan fingerprint density at radius 2 is 1.52 bits per heavy atom. The Kier molecular flexibility index (Phi) is 8.48. The van der Waals surface area contributed by atoms with Crippen molar-refractivity contribution in [2.45, 2.75) is 53.2 Å². The van der Waals surface area contributed by atoms with Crippen molar-refractivity contribution in [1.29, 1.82) is 0 Å². The third-order valence-corrected chi connectivity index (χ3v) is 3.79. The molecule has 0 aliphatic rings. The number of rotatable bonds is 11. The second kappa shape index (κ2) is 10.8. The molecule has 0 saturated carbocycles. The highest BCUT2D eigenvalue weighted by atomic mass is 19.3. The molecular weight excluding hydrogens is 352 g/mol. The minimum absolute atomic E-state index is 0.0507. The highest BCUT2D eigenvalue weighted by Gasteiger charge is 2.11. The number of alkyl halides is 2. The SMILES string of the molecule is CCOc1cc(CNCc2ccc(COC(C)C)cc2)ccc1OC(F)F. The van der Waals surface area contributed by atoms with Gasteiger partial charge in [0.15, 0.2) is 11.5 Å². The van der Waals surface area contributed by atoms with Crippen LogP contribution in [0.4, 0.5) is 8.78 Å². The molecule has 0 bridgehead atoms. The molecule has 0 atom stereocenters. The fraction of sp³-hybridized carbons (Fsp3) is 0.429. The van der Waals surface area contributed by atoms with Gasteiger partial charge in [-0.15, -0.1) is 0 Å². The van der Waals surface area contributed by atoms with Crippen molar-refractivity contribution < 1.29 is 23.0 Å². The van der Waals surface area contributed by atoms with E-state index in [2.05, 4.69) is 34.3 Å². The smallest absolute Gasteiger partial charge is 0.387 e. The molecule has 0 unspecified atom stereocenters. The summed E-state index contributed by atoms with van der Waals surface area (Å²) in [6.45, 7) is 5.23. The van der Waals surface area contributed by atoms with Gasteiger partial charge in [0, 0.05) is 13.1 Å². The minimum Gasteiger partial charge on any atom is -0.490 e. The first kappa shape index (κ1) is 21.1. The lowest BCUT2D eigenvalue weighted by atomic mass is 10.1. The van der Waals surface area contributed by atoms with E-state index in [4.69, 9.17) is 9.47 Å². The van der Waals surface area contributed by atoms with Gasteiger partial charge >= 0.3 is 6.61 Å². The monoisotopic (exact) mass is 379 g/mol. The van der Waals surface area contributed by atoms with Crippen LogP contribution in [0.15, 0.2) is 42.5 Å². The van der Waals surface area contributed by atoms with E-state index in [-0.39, 0.29) is 11.9 Å². The highest BCUT2D eigenvalue weighted by molar-refractivity contribution is 5.43. The summed E-state index contributed by atoms with van der Waals surface area (Å²) in [5.41, 5.74) is 3.23. The quantitative estimate of drug-likeness (QED) is 0.603. The number of hydrogen-bond acceptors (Lipinski definition) is 4. The molecule has 6 heteroatoms. The molecule has 0 aromatic heterocycles. The van der Waals surface area contributed by atoms with Crippen LogP contribution in [0, 0.1) is 0 Å². The van der Waals surface area contributed by atoms with E-state index in [1.54, 1.807) is 19.1 Å². The summed E-state index contributed by atoms with van der Waals surface area (Å²) >= 11 is 0. The van der Waals surface area contributed by atoms with Crippen molar-refractivity contribution in [3.8, 4) is 11.5 Å². The molecule has 0 saturated heterocycles. The molecule has 2 aromatic carbocycles. The first-order chi connectivity index (χ1) is 13.0. The van der Waals surface area contributed by atoms with Crippen LogP contribution in [0.1, 0.15) is 37.5 Å². The number of halogens is 2. The fourth-order valence-electron chi connectivity index (χ4n) is 2.49. The van der Waals surface area contributed by atoms with Crippen molar-refractivity contribution in [2.24, 2.45) is 0 Å². The van der Waals surface area contributed by atoms with Gasteiger partial charge in [0.05, 0.1) is 19.3 Å². The van der Waals surface area contributed by atoms with Gasteiger partial charge in [0.2, 0.25) is 0 Å². The lowest BCUT2D eigenvalue weighted by molar-refractivity contribution is -0.0514. The van der Waals surface area contributed by atoms with Crippen LogP contribution in [-0.2, 0) is 24.4 Å². The van der Waals surface area contributed by atoms with Crippen LogP contribution in [0.25, 0.3) is 0 Å². The molecule has 0 heterocycles. The van der Waals surface area contributed by atoms with Crippen molar-refractivity contribution in [1.82, 2.24) is 5.32 Å². The Morgan fingerprint density at radius 3 is 2.15 bits per heavy atom. The summed E-state index contributed by atoms with van der Waals surface area (Å²) in [7, 11) is 0. The van der Waals surface area contributed by atoms with Crippen LogP contribution in [0.3, 0.4) is 0 Å². The van der Waals surface area contributed by atoms with E-state index in [0.717, 1.165) is 16.7 Å². The van der Waals surface area contributed by atoms with Gasteiger partial charge in [-0.1, -0.05) is 30.3 Å². The van der Waals surface area contributed by atoms with E-state index < -0.39 is 6.61 Å². The molecule has 0 radical (unpaired) electrons. The Labute approximate surface area is 159 Å². The number of hydrogen-bond donors (Lipinski definition) is 1. The van der Waals surface area contributed by atoms with Crippen LogP contribution >= 0.6 is 0 Å². The second-order valence-corrected chi connectivity index (χ2v) is 6.37. The molecule has 2 rings (SSSR count). The highest BCUT2D eigenvalue weighted by Crippen LogP contribution is 2.29. The second-order valence-electron chi connectivity index (χ2n) is 6.37. The first-order valence-electron chi connectivity index (χ1n) is 9.08. The summed E-state index contributed by atoms with van der Waals surface area (Å²) in [5.74, 6) is 0.376. The Morgan fingerprint density at radius 1 is 0.889 bits per heavy atom. The largest absolute Gasteiger partial charge is 0.490 e. The maximum absolute atomic E-state index is 12.4. The third kappa shape index (κ3) is 7.53. The number of benzene rings is 2. The molecule has 1 N–H and O–H groups in total. The van der Waals surface area contributed by atoms with Crippen LogP contribution in [0.5, 0.6) is 11.5 Å². The standard InChI is InChI=1S/C21H27F2NO3/c1-4-25-20-11-18(9-10-19(20)27-21(22)23)13-24-12-16-5-7-17(8-6-16)14-26-15(2)3/h5-11,15,21,24H,4,12-14H2,1-3H3. The van der Waals surface area contributed by atoms with Gasteiger partial charge in [0.25, 0.3) is 0 Å². The van der Waals surface area contributed by atoms with Gasteiger partial charge in [-0.3, -0.25) is 0 Å². The lowest BCUT2D eigenvalue weighted by Crippen LogP contribution is -2.13. The van der Waals surface area contributed by atoms with Crippen molar-refractivity contribution in [3.63, 3.8) is 0 Å². The topological polar surface area (TPSA) is 39.7 Å². The van der Waals surface area contributed by atoms with E-state index in [0.29, 0.717) is 32.1 Å². The molecule has 27 heavy (non-hydrogen) atoms. The minimum atomic E-state index is -2.87. The van der Waals surface area contributed by atoms with E-state index in [9.17, 15) is 8.78 Å². The summed E-state index contributed by atoms with van der Waals surface area (Å²) in [6, 6.07) is 13.2. The lowest BCUT2D eigenvalue weighted by Gasteiger charge is -2.13. The average Bonchev–Trinajstić information content (AvgIpc) is 2.63. The molecule has 0 aliphatic heterocycles. The molecule has 148 valence electrons. The molecule has 2 aromatic rings. The van der Waals surface area contributed by atoms with Crippen molar-refractivity contribution >= 4 is 0 Å². The molecule has 4 nitrogen and oxygen atoms in total. The van der Waals surface area contributed by atoms with Crippen LogP contribution < -0.4 is 14.8 Å². The summed E-state index contributed by atoms with van der Waals surface area (Å²) < 4.78 is 40.4. The molecule has 0 amide bonds. The summed E-state index contributed by atoms with van der Waals surface area (Å²) in [6.07, 6.45) is 0.213. The predicted octanol–water partition coefficient (Wildman–Crippen LogP) is 4.90. The Hall–Kier alpha value is -2.18. The molecule has 0 aliphatic carbocycles. The van der Waals surface area contributed by atoms with Crippen molar-refractivity contribution in [3.05, 3.63) is 59.2 Å². The van der Waals surface area contributed by atoms with Gasteiger partial charge in [-0.25, -0.2) is 0 Å². The number of nitrogens with one attached hydrogen (secondary N) is 1. The maximum Gasteiger partial charge on any atom is 0.387 e. The normalized spacial score (nSPS) is 11.2. The van der Waals surface area contributed by atoms with E-state index >= 15 is 0 Å². The Bertz CT molecular complexity index is 690. The Balaban J connectivity index is 1.88. The molecule has 0 fully saturated rings. The maximum atomic E-state index is 12.4. The summed E-state index contributed by atoms with van der Waals surface area (Å²) in [4.78, 5) is 0. The van der Waals surface area contributed by atoms with Gasteiger partial charge in [-0.05, 0) is 49.6 Å². The van der Waals surface area contributed by atoms with Gasteiger partial charge in [0.1, 0.15) is 0 Å². The van der Waals surface area contributed by atoms with Crippen molar-refractivity contribution in [2.75, 3.05) is 6.61 Å². The zero-order chi connectivity index (χ0) is 19.6. The summed E-state index contributed by atoms with van der Waals surface area (Å²) in [5, 5.41) is 3.34. The third-order valence-electron chi connectivity index (χ3n) is 3.79. The number of ether oxygens (including phenoxy) is 3.